The molecule has 1 amide bonds. The van der Waals surface area contributed by atoms with E-state index < -0.39 is 0 Å². The van der Waals surface area contributed by atoms with Crippen LogP contribution in [0.5, 0.6) is 0 Å². The van der Waals surface area contributed by atoms with E-state index >= 15 is 0 Å². The van der Waals surface area contributed by atoms with Gasteiger partial charge in [-0.15, -0.1) is 0 Å². The predicted octanol–water partition coefficient (Wildman–Crippen LogP) is 4.77. The van der Waals surface area contributed by atoms with Crippen molar-refractivity contribution in [1.82, 2.24) is 10.8 Å². The minimum absolute atomic E-state index is 0.000451. The van der Waals surface area contributed by atoms with Crippen LogP contribution in [0, 0.1) is 12.8 Å². The van der Waals surface area contributed by atoms with Crippen molar-refractivity contribution in [1.29, 1.82) is 0 Å². The number of carbonyl (C=O) groups is 1. The second kappa shape index (κ2) is 12.1. The molecule has 0 aliphatic heterocycles. The van der Waals surface area contributed by atoms with Crippen molar-refractivity contribution in [3.05, 3.63) is 65.7 Å². The maximum absolute atomic E-state index is 12.8. The molecule has 5 heteroatoms. The summed E-state index contributed by atoms with van der Waals surface area (Å²) < 4.78 is 12.8. The number of nitrogens with one attached hydrogen (secondary N) is 2. The van der Waals surface area contributed by atoms with Crippen LogP contribution in [0.15, 0.2) is 54.6 Å². The third-order valence-corrected chi connectivity index (χ3v) is 4.76. The number of amides is 1. The lowest BCUT2D eigenvalue weighted by molar-refractivity contribution is -0.116. The van der Waals surface area contributed by atoms with Crippen molar-refractivity contribution in [3.63, 3.8) is 0 Å². The fraction of sp³-hybridized carbons (Fsp3) is 0.348. The molecule has 2 aromatic rings. The zero-order valence-electron chi connectivity index (χ0n) is 17.1. The van der Waals surface area contributed by atoms with Gasteiger partial charge < -0.3 is 5.32 Å². The van der Waals surface area contributed by atoms with Gasteiger partial charge in [-0.3, -0.25) is 14.4 Å². The summed E-state index contributed by atoms with van der Waals surface area (Å²) in [5.41, 5.74) is 5.96. The van der Waals surface area contributed by atoms with Gasteiger partial charge in [-0.1, -0.05) is 73.2 Å². The molecule has 152 valence electrons. The Kier molecular flexibility index (Phi) is 10.1. The maximum Gasteiger partial charge on any atom is 0.230 e. The van der Waals surface area contributed by atoms with Crippen LogP contribution in [0.25, 0.3) is 17.2 Å². The molecule has 3 N–H and O–H groups in total. The summed E-state index contributed by atoms with van der Waals surface area (Å²) >= 11 is 0. The van der Waals surface area contributed by atoms with Crippen molar-refractivity contribution in [3.8, 4) is 11.1 Å². The SMILES string of the molecule is Cc1cccc(-c2ccc(/C=C/CNC(C)(C)C(C)CF)cc2)c1.O=CNO. The number of aryl methyl sites for hydroxylation is 1. The summed E-state index contributed by atoms with van der Waals surface area (Å²) in [6.45, 7) is 8.56. The second-order valence-electron chi connectivity index (χ2n) is 7.30. The van der Waals surface area contributed by atoms with Crippen LogP contribution in [-0.2, 0) is 4.79 Å². The zero-order valence-corrected chi connectivity index (χ0v) is 17.1. The number of halogens is 1. The normalized spacial score (nSPS) is 12.2. The molecule has 1 atom stereocenters. The zero-order chi connectivity index (χ0) is 21.0. The van der Waals surface area contributed by atoms with Gasteiger partial charge in [0.05, 0.1) is 6.67 Å². The van der Waals surface area contributed by atoms with Gasteiger partial charge >= 0.3 is 0 Å². The molecular weight excluding hydrogens is 355 g/mol. The number of hydrogen-bond acceptors (Lipinski definition) is 3. The first-order chi connectivity index (χ1) is 13.3. The molecule has 2 rings (SSSR count). The molecule has 0 saturated heterocycles. The van der Waals surface area contributed by atoms with Crippen molar-refractivity contribution in [2.45, 2.75) is 33.2 Å². The monoisotopic (exact) mass is 386 g/mol. The third-order valence-electron chi connectivity index (χ3n) is 4.76. The average Bonchev–Trinajstić information content (AvgIpc) is 2.71. The molecule has 0 aliphatic carbocycles. The van der Waals surface area contributed by atoms with Crippen LogP contribution < -0.4 is 10.8 Å². The van der Waals surface area contributed by atoms with Gasteiger partial charge in [0.15, 0.2) is 0 Å². The van der Waals surface area contributed by atoms with E-state index in [4.69, 9.17) is 10.0 Å². The Bertz CT molecular complexity index is 743. The highest BCUT2D eigenvalue weighted by molar-refractivity contribution is 5.66. The molecule has 0 radical (unpaired) electrons. The van der Waals surface area contributed by atoms with E-state index in [9.17, 15) is 4.39 Å². The van der Waals surface area contributed by atoms with E-state index in [0.29, 0.717) is 0 Å². The Hall–Kier alpha value is -2.50. The van der Waals surface area contributed by atoms with Gasteiger partial charge in [-0.25, -0.2) is 5.48 Å². The summed E-state index contributed by atoms with van der Waals surface area (Å²) in [6.07, 6.45) is 4.37. The summed E-state index contributed by atoms with van der Waals surface area (Å²) in [7, 11) is 0. The molecule has 1 unspecified atom stereocenters. The van der Waals surface area contributed by atoms with Gasteiger partial charge in [-0.05, 0) is 37.5 Å². The highest BCUT2D eigenvalue weighted by Crippen LogP contribution is 2.21. The van der Waals surface area contributed by atoms with Crippen LogP contribution in [0.4, 0.5) is 4.39 Å². The van der Waals surface area contributed by atoms with E-state index in [1.165, 1.54) is 27.7 Å². The molecule has 0 fully saturated rings. The molecular formula is C23H31FN2O2. The first kappa shape index (κ1) is 23.5. The molecule has 0 aromatic heterocycles. The van der Waals surface area contributed by atoms with Gasteiger partial charge in [0, 0.05) is 18.0 Å². The Morgan fingerprint density at radius 1 is 1.14 bits per heavy atom. The van der Waals surface area contributed by atoms with Crippen molar-refractivity contribution < 1.29 is 14.4 Å². The topological polar surface area (TPSA) is 61.4 Å². The van der Waals surface area contributed by atoms with E-state index in [1.54, 1.807) is 0 Å². The lowest BCUT2D eigenvalue weighted by Crippen LogP contribution is -2.45. The van der Waals surface area contributed by atoms with Gasteiger partial charge in [0.2, 0.25) is 6.41 Å². The first-order valence-corrected chi connectivity index (χ1v) is 9.32. The third kappa shape index (κ3) is 8.03. The number of hydrogen-bond donors (Lipinski definition) is 3. The summed E-state index contributed by atoms with van der Waals surface area (Å²) in [5.74, 6) is -0.000451. The average molecular weight is 387 g/mol. The number of carbonyl (C=O) groups excluding carboxylic acids is 1. The first-order valence-electron chi connectivity index (χ1n) is 9.32. The number of alkyl halides is 1. The Morgan fingerprint density at radius 2 is 1.79 bits per heavy atom. The Morgan fingerprint density at radius 3 is 2.32 bits per heavy atom. The summed E-state index contributed by atoms with van der Waals surface area (Å²) in [4.78, 5) is 8.81. The van der Waals surface area contributed by atoms with Crippen LogP contribution in [0.3, 0.4) is 0 Å². The van der Waals surface area contributed by atoms with E-state index in [0.717, 1.165) is 6.54 Å². The Labute approximate surface area is 167 Å². The number of benzene rings is 2. The summed E-state index contributed by atoms with van der Waals surface area (Å²) in [6, 6.07) is 17.1. The largest absolute Gasteiger partial charge is 0.308 e. The molecule has 0 saturated carbocycles. The molecule has 0 aliphatic rings. The maximum atomic E-state index is 12.8. The number of rotatable bonds is 8. The number of hydroxylamine groups is 1. The highest BCUT2D eigenvalue weighted by Gasteiger charge is 2.24. The van der Waals surface area contributed by atoms with Gasteiger partial charge in [-0.2, -0.15) is 0 Å². The van der Waals surface area contributed by atoms with Crippen molar-refractivity contribution in [2.24, 2.45) is 5.92 Å². The fourth-order valence-corrected chi connectivity index (χ4v) is 2.50. The molecule has 0 spiro atoms. The highest BCUT2D eigenvalue weighted by atomic mass is 19.1. The van der Waals surface area contributed by atoms with Gasteiger partial charge in [0.25, 0.3) is 0 Å². The van der Waals surface area contributed by atoms with E-state index in [-0.39, 0.29) is 24.5 Å². The van der Waals surface area contributed by atoms with Crippen LogP contribution in [0.2, 0.25) is 0 Å². The smallest absolute Gasteiger partial charge is 0.230 e. The van der Waals surface area contributed by atoms with Crippen LogP contribution in [-0.4, -0.2) is 30.4 Å². The molecule has 2 aromatic carbocycles. The van der Waals surface area contributed by atoms with Crippen molar-refractivity contribution >= 4 is 12.5 Å². The molecule has 0 heterocycles. The lowest BCUT2D eigenvalue weighted by Gasteiger charge is -2.30. The fourth-order valence-electron chi connectivity index (χ4n) is 2.50. The standard InChI is InChI=1S/C22H28FN.CH3NO2/c1-17-7-5-9-21(15-17)20-12-10-19(11-13-20)8-6-14-24-22(3,4)18(2)16-23;3-1-2-4/h5-13,15,18,24H,14,16H2,1-4H3;1,4H,(H,2,3)/b8-6+;. The van der Waals surface area contributed by atoms with Crippen LogP contribution >= 0.6 is 0 Å². The lowest BCUT2D eigenvalue weighted by atomic mass is 9.90. The molecule has 0 bridgehead atoms. The minimum Gasteiger partial charge on any atom is -0.308 e. The molecule has 28 heavy (non-hydrogen) atoms. The minimum atomic E-state index is -0.301. The molecule has 4 nitrogen and oxygen atoms in total. The Balaban J connectivity index is 0.000000892. The van der Waals surface area contributed by atoms with E-state index in [2.05, 4.69) is 72.9 Å². The van der Waals surface area contributed by atoms with Crippen LogP contribution in [0.1, 0.15) is 31.9 Å². The van der Waals surface area contributed by atoms with Crippen molar-refractivity contribution in [2.75, 3.05) is 13.2 Å². The summed E-state index contributed by atoms with van der Waals surface area (Å²) in [5, 5.41) is 10.7. The predicted molar refractivity (Wildman–Crippen MR) is 114 cm³/mol. The second-order valence-corrected chi connectivity index (χ2v) is 7.30. The van der Waals surface area contributed by atoms with E-state index in [1.807, 2.05) is 20.8 Å². The van der Waals surface area contributed by atoms with Gasteiger partial charge in [0.1, 0.15) is 0 Å². The quantitative estimate of drug-likeness (QED) is 0.348.